The van der Waals surface area contributed by atoms with Crippen LogP contribution in [0.25, 0.3) is 0 Å². The van der Waals surface area contributed by atoms with Gasteiger partial charge in [0.25, 0.3) is 0 Å². The highest BCUT2D eigenvalue weighted by Crippen LogP contribution is 2.14. The van der Waals surface area contributed by atoms with Crippen molar-refractivity contribution < 1.29 is 5.11 Å². The number of aromatic nitrogens is 2. The smallest absolute Gasteiger partial charge is 0.0928 e. The molecular formula is C12H16N2OS. The molecule has 1 N–H and O–H groups in total. The lowest BCUT2D eigenvalue weighted by molar-refractivity contribution is 0.271. The predicted octanol–water partition coefficient (Wildman–Crippen LogP) is 2.44. The van der Waals surface area contributed by atoms with E-state index in [0.717, 1.165) is 30.8 Å². The third-order valence-electron chi connectivity index (χ3n) is 2.48. The molecule has 0 unspecified atom stereocenters. The maximum Gasteiger partial charge on any atom is 0.0928 e. The number of hydrogen-bond acceptors (Lipinski definition) is 3. The number of hydrogen-bond donors (Lipinski definition) is 1. The molecule has 0 amide bonds. The molecule has 0 saturated carbocycles. The number of nitrogens with zero attached hydrogens (tertiary/aromatic N) is 2. The molecule has 0 aromatic carbocycles. The van der Waals surface area contributed by atoms with E-state index in [-0.39, 0.29) is 6.61 Å². The van der Waals surface area contributed by atoms with Crippen molar-refractivity contribution in [3.8, 4) is 0 Å². The summed E-state index contributed by atoms with van der Waals surface area (Å²) >= 11 is 1.72. The Kier molecular flexibility index (Phi) is 3.74. The quantitative estimate of drug-likeness (QED) is 0.866. The zero-order valence-corrected chi connectivity index (χ0v) is 10.2. The molecular weight excluding hydrogens is 220 g/mol. The molecule has 0 aliphatic carbocycles. The molecule has 2 aromatic heterocycles. The molecule has 0 aliphatic heterocycles. The average molecular weight is 236 g/mol. The van der Waals surface area contributed by atoms with Gasteiger partial charge in [-0.25, -0.2) is 4.98 Å². The van der Waals surface area contributed by atoms with E-state index in [4.69, 9.17) is 5.11 Å². The molecule has 0 spiro atoms. The molecule has 0 aliphatic rings. The highest BCUT2D eigenvalue weighted by molar-refractivity contribution is 7.09. The Hall–Kier alpha value is -1.13. The van der Waals surface area contributed by atoms with Crippen molar-refractivity contribution >= 4 is 11.3 Å². The van der Waals surface area contributed by atoms with Gasteiger partial charge in [-0.2, -0.15) is 0 Å². The molecule has 2 heterocycles. The molecule has 3 nitrogen and oxygen atoms in total. The van der Waals surface area contributed by atoms with Crippen LogP contribution in [0.15, 0.2) is 23.7 Å². The molecule has 4 heteroatoms. The van der Waals surface area contributed by atoms with E-state index < -0.39 is 0 Å². The summed E-state index contributed by atoms with van der Waals surface area (Å²) < 4.78 is 2.03. The normalized spacial score (nSPS) is 10.9. The first-order valence-electron chi connectivity index (χ1n) is 5.51. The standard InChI is InChI=1S/C12H16N2OS/c1-2-4-12-13-10(9-16-12)7-14-6-3-5-11(14)8-15/h3,5-6,9,15H,2,4,7-8H2,1H3. The lowest BCUT2D eigenvalue weighted by atomic mass is 10.3. The van der Waals surface area contributed by atoms with Crippen molar-refractivity contribution in [2.45, 2.75) is 32.9 Å². The summed E-state index contributed by atoms with van der Waals surface area (Å²) in [5, 5.41) is 12.4. The Morgan fingerprint density at radius 2 is 2.38 bits per heavy atom. The first-order valence-corrected chi connectivity index (χ1v) is 6.39. The summed E-state index contributed by atoms with van der Waals surface area (Å²) in [5.74, 6) is 0. The highest BCUT2D eigenvalue weighted by atomic mass is 32.1. The second-order valence-corrected chi connectivity index (χ2v) is 4.71. The number of aliphatic hydroxyl groups is 1. The van der Waals surface area contributed by atoms with Crippen LogP contribution in [0.3, 0.4) is 0 Å². The fourth-order valence-corrected chi connectivity index (χ4v) is 2.56. The molecule has 2 aromatic rings. The second-order valence-electron chi connectivity index (χ2n) is 3.77. The van der Waals surface area contributed by atoms with Gasteiger partial charge in [0.15, 0.2) is 0 Å². The van der Waals surface area contributed by atoms with Gasteiger partial charge in [-0.05, 0) is 25.0 Å². The van der Waals surface area contributed by atoms with Gasteiger partial charge in [0, 0.05) is 17.3 Å². The van der Waals surface area contributed by atoms with E-state index in [2.05, 4.69) is 17.3 Å². The van der Waals surface area contributed by atoms with Gasteiger partial charge in [-0.15, -0.1) is 11.3 Å². The largest absolute Gasteiger partial charge is 0.390 e. The summed E-state index contributed by atoms with van der Waals surface area (Å²) in [7, 11) is 0. The van der Waals surface area contributed by atoms with Crippen molar-refractivity contribution in [3.05, 3.63) is 40.1 Å². The fourth-order valence-electron chi connectivity index (χ4n) is 1.67. The zero-order valence-electron chi connectivity index (χ0n) is 9.39. The SMILES string of the molecule is CCCc1nc(Cn2cccc2CO)cs1. The van der Waals surface area contributed by atoms with Gasteiger partial charge in [0.1, 0.15) is 0 Å². The molecule has 0 fully saturated rings. The molecule has 0 atom stereocenters. The van der Waals surface area contributed by atoms with Crippen LogP contribution in [0.1, 0.15) is 29.7 Å². The molecule has 16 heavy (non-hydrogen) atoms. The van der Waals surface area contributed by atoms with E-state index >= 15 is 0 Å². The third kappa shape index (κ3) is 2.51. The summed E-state index contributed by atoms with van der Waals surface area (Å²) in [6.07, 6.45) is 4.17. The number of aliphatic hydroxyl groups excluding tert-OH is 1. The average Bonchev–Trinajstić information content (AvgIpc) is 2.89. The van der Waals surface area contributed by atoms with Crippen LogP contribution in [-0.2, 0) is 19.6 Å². The number of aryl methyl sites for hydroxylation is 1. The van der Waals surface area contributed by atoms with Crippen molar-refractivity contribution in [2.75, 3.05) is 0 Å². The van der Waals surface area contributed by atoms with E-state index in [1.165, 1.54) is 5.01 Å². The molecule has 0 radical (unpaired) electrons. The second kappa shape index (κ2) is 5.27. The highest BCUT2D eigenvalue weighted by Gasteiger charge is 2.04. The van der Waals surface area contributed by atoms with Crippen LogP contribution in [0.5, 0.6) is 0 Å². The van der Waals surface area contributed by atoms with Crippen molar-refractivity contribution in [1.29, 1.82) is 0 Å². The van der Waals surface area contributed by atoms with Crippen LogP contribution in [0.4, 0.5) is 0 Å². The van der Waals surface area contributed by atoms with Gasteiger partial charge < -0.3 is 9.67 Å². The Labute approximate surface area is 99.4 Å². The zero-order chi connectivity index (χ0) is 11.4. The first-order chi connectivity index (χ1) is 7.83. The fraction of sp³-hybridized carbons (Fsp3) is 0.417. The number of thiazole rings is 1. The van der Waals surface area contributed by atoms with E-state index in [0.29, 0.717) is 0 Å². The molecule has 86 valence electrons. The van der Waals surface area contributed by atoms with Crippen LogP contribution in [-0.4, -0.2) is 14.7 Å². The minimum Gasteiger partial charge on any atom is -0.390 e. The van der Waals surface area contributed by atoms with Crippen LogP contribution in [0.2, 0.25) is 0 Å². The van der Waals surface area contributed by atoms with Crippen molar-refractivity contribution in [1.82, 2.24) is 9.55 Å². The van der Waals surface area contributed by atoms with Crippen LogP contribution < -0.4 is 0 Å². The van der Waals surface area contributed by atoms with Crippen molar-refractivity contribution in [3.63, 3.8) is 0 Å². The van der Waals surface area contributed by atoms with Gasteiger partial charge in [-0.3, -0.25) is 0 Å². The molecule has 0 bridgehead atoms. The van der Waals surface area contributed by atoms with Gasteiger partial charge in [0.2, 0.25) is 0 Å². The maximum atomic E-state index is 9.14. The molecule has 0 saturated heterocycles. The third-order valence-corrected chi connectivity index (χ3v) is 3.44. The Balaban J connectivity index is 2.08. The monoisotopic (exact) mass is 236 g/mol. The van der Waals surface area contributed by atoms with Gasteiger partial charge >= 0.3 is 0 Å². The van der Waals surface area contributed by atoms with E-state index in [1.54, 1.807) is 11.3 Å². The topological polar surface area (TPSA) is 38.0 Å². The van der Waals surface area contributed by atoms with E-state index in [1.807, 2.05) is 22.9 Å². The van der Waals surface area contributed by atoms with Crippen LogP contribution >= 0.6 is 11.3 Å². The van der Waals surface area contributed by atoms with E-state index in [9.17, 15) is 0 Å². The lowest BCUT2D eigenvalue weighted by Gasteiger charge is -2.04. The van der Waals surface area contributed by atoms with Crippen LogP contribution in [0, 0.1) is 0 Å². The minimum absolute atomic E-state index is 0.0823. The predicted molar refractivity (Wildman–Crippen MR) is 65.6 cm³/mol. The maximum absolute atomic E-state index is 9.14. The summed E-state index contributed by atoms with van der Waals surface area (Å²) in [5.41, 5.74) is 2.02. The Bertz CT molecular complexity index is 447. The number of rotatable bonds is 5. The van der Waals surface area contributed by atoms with Gasteiger partial charge in [-0.1, -0.05) is 6.92 Å². The van der Waals surface area contributed by atoms with Crippen molar-refractivity contribution in [2.24, 2.45) is 0 Å². The summed E-state index contributed by atoms with van der Waals surface area (Å²) in [4.78, 5) is 4.57. The Morgan fingerprint density at radius 1 is 1.50 bits per heavy atom. The minimum atomic E-state index is 0.0823. The summed E-state index contributed by atoms with van der Waals surface area (Å²) in [6.45, 7) is 3.00. The molecule has 2 rings (SSSR count). The lowest BCUT2D eigenvalue weighted by Crippen LogP contribution is -2.03. The summed E-state index contributed by atoms with van der Waals surface area (Å²) in [6, 6.07) is 3.88. The first kappa shape index (κ1) is 11.4. The Morgan fingerprint density at radius 3 is 3.12 bits per heavy atom. The van der Waals surface area contributed by atoms with Gasteiger partial charge in [0.05, 0.1) is 23.9 Å².